The van der Waals surface area contributed by atoms with Crippen molar-refractivity contribution in [3.63, 3.8) is 0 Å². The second kappa shape index (κ2) is 9.55. The molecule has 2 aromatic rings. The monoisotopic (exact) mass is 484 g/mol. The third-order valence-corrected chi connectivity index (χ3v) is 3.92. The molecule has 2 rings (SSSR count). The predicted octanol–water partition coefficient (Wildman–Crippen LogP) is 4.66. The summed E-state index contributed by atoms with van der Waals surface area (Å²) in [6.07, 6.45) is -5.49. The van der Waals surface area contributed by atoms with Crippen molar-refractivity contribution in [1.82, 2.24) is 5.32 Å². The van der Waals surface area contributed by atoms with Crippen LogP contribution in [-0.4, -0.2) is 35.9 Å². The van der Waals surface area contributed by atoms with E-state index in [0.29, 0.717) is 0 Å². The number of hydrogen-bond acceptors (Lipinski definition) is 5. The van der Waals surface area contributed by atoms with Crippen molar-refractivity contribution in [1.29, 1.82) is 0 Å². The summed E-state index contributed by atoms with van der Waals surface area (Å²) in [6, 6.07) is 7.55. The smallest absolute Gasteiger partial charge is 0.463 e. The fourth-order valence-electron chi connectivity index (χ4n) is 2.47. The van der Waals surface area contributed by atoms with Gasteiger partial charge in [0.1, 0.15) is 11.6 Å². The summed E-state index contributed by atoms with van der Waals surface area (Å²) in [5, 5.41) is 3.25. The Balaban J connectivity index is 2.46. The second-order valence-electron chi connectivity index (χ2n) is 6.10. The number of benzene rings is 2. The lowest BCUT2D eigenvalue weighted by Gasteiger charge is -2.35. The van der Waals surface area contributed by atoms with Gasteiger partial charge in [-0.2, -0.15) is 13.2 Å². The molecule has 0 heterocycles. The zero-order valence-electron chi connectivity index (χ0n) is 16.1. The molecule has 1 unspecified atom stereocenters. The van der Waals surface area contributed by atoms with E-state index in [2.05, 4.69) is 21.1 Å². The Hall–Kier alpha value is -3.15. The van der Waals surface area contributed by atoms with Crippen LogP contribution in [0.15, 0.2) is 48.5 Å². The number of amides is 1. The van der Waals surface area contributed by atoms with Gasteiger partial charge in [0, 0.05) is 17.3 Å². The Labute approximate surface area is 182 Å². The van der Waals surface area contributed by atoms with Crippen molar-refractivity contribution in [2.24, 2.45) is 0 Å². The quantitative estimate of drug-likeness (QED) is 0.247. The van der Waals surface area contributed by atoms with Gasteiger partial charge in [-0.1, -0.05) is 12.1 Å². The van der Waals surface area contributed by atoms with E-state index in [9.17, 15) is 35.9 Å². The van der Waals surface area contributed by atoms with Gasteiger partial charge in [0.15, 0.2) is 0 Å². The zero-order valence-corrected chi connectivity index (χ0v) is 16.9. The number of hydrogen-bond donors (Lipinski definition) is 2. The van der Waals surface area contributed by atoms with E-state index in [0.717, 1.165) is 36.4 Å². The maximum atomic E-state index is 14.1. The van der Waals surface area contributed by atoms with Gasteiger partial charge in [0.2, 0.25) is 0 Å². The van der Waals surface area contributed by atoms with Crippen LogP contribution >= 0.6 is 11.6 Å². The van der Waals surface area contributed by atoms with Crippen molar-refractivity contribution in [3.05, 3.63) is 59.9 Å². The number of rotatable bonds is 8. The molecule has 13 heteroatoms. The van der Waals surface area contributed by atoms with Crippen molar-refractivity contribution in [2.45, 2.75) is 24.3 Å². The van der Waals surface area contributed by atoms with Crippen LogP contribution in [0.4, 0.5) is 32.0 Å². The summed E-state index contributed by atoms with van der Waals surface area (Å²) >= 11 is 4.62. The second-order valence-corrected chi connectivity index (χ2v) is 6.54. The van der Waals surface area contributed by atoms with Crippen LogP contribution in [0.3, 0.4) is 0 Å². The van der Waals surface area contributed by atoms with Crippen LogP contribution in [0.25, 0.3) is 0 Å². The SMILES string of the molecule is CCOC(=O)C(NC(=O)c1ccccc1F)(Nc1ccc(OC(F)(F)Cl)cc1)C(F)(F)F. The first-order valence-corrected chi connectivity index (χ1v) is 9.12. The maximum absolute atomic E-state index is 14.1. The van der Waals surface area contributed by atoms with Crippen molar-refractivity contribution in [2.75, 3.05) is 11.9 Å². The standard InChI is InChI=1S/C19H15ClF6N2O4/c1-2-31-16(30)17(18(22,23)24,28-15(29)13-5-3-4-6-14(13)21)27-11-7-9-12(10-8-11)32-19(20,25)26/h3-10,27H,2H2,1H3,(H,28,29). The van der Waals surface area contributed by atoms with Gasteiger partial charge in [0.05, 0.1) is 12.2 Å². The van der Waals surface area contributed by atoms with E-state index in [4.69, 9.17) is 0 Å². The van der Waals surface area contributed by atoms with E-state index >= 15 is 0 Å². The molecular formula is C19H15ClF6N2O4. The van der Waals surface area contributed by atoms with Crippen molar-refractivity contribution in [3.8, 4) is 5.75 Å². The van der Waals surface area contributed by atoms with Crippen LogP contribution in [-0.2, 0) is 9.53 Å². The molecule has 0 aliphatic carbocycles. The van der Waals surface area contributed by atoms with E-state index in [1.807, 2.05) is 0 Å². The highest BCUT2D eigenvalue weighted by molar-refractivity contribution is 6.20. The molecule has 0 radical (unpaired) electrons. The molecule has 2 N–H and O–H groups in total. The highest BCUT2D eigenvalue weighted by Crippen LogP contribution is 2.34. The number of esters is 1. The number of anilines is 1. The minimum atomic E-state index is -5.49. The first-order valence-electron chi connectivity index (χ1n) is 8.74. The summed E-state index contributed by atoms with van der Waals surface area (Å²) in [5.74, 6) is -5.14. The predicted molar refractivity (Wildman–Crippen MR) is 101 cm³/mol. The normalized spacial score (nSPS) is 13.6. The summed E-state index contributed by atoms with van der Waals surface area (Å²) in [4.78, 5) is 24.8. The third kappa shape index (κ3) is 5.96. The molecular weight excluding hydrogens is 470 g/mol. The molecule has 0 aliphatic heterocycles. The molecule has 0 fully saturated rings. The molecule has 0 aliphatic rings. The number of halogens is 7. The summed E-state index contributed by atoms with van der Waals surface area (Å²) in [5.41, 5.74) is -9.13. The lowest BCUT2D eigenvalue weighted by atomic mass is 10.1. The Bertz CT molecular complexity index is 966. The molecule has 2 aromatic carbocycles. The molecule has 32 heavy (non-hydrogen) atoms. The highest BCUT2D eigenvalue weighted by Gasteiger charge is 2.63. The Kier molecular flexibility index (Phi) is 7.50. The van der Waals surface area contributed by atoms with Gasteiger partial charge in [-0.05, 0) is 43.3 Å². The Morgan fingerprint density at radius 3 is 2.09 bits per heavy atom. The highest BCUT2D eigenvalue weighted by atomic mass is 35.5. The molecule has 1 atom stereocenters. The minimum absolute atomic E-state index is 0.450. The lowest BCUT2D eigenvalue weighted by molar-refractivity contribution is -0.204. The maximum Gasteiger partial charge on any atom is 0.487 e. The largest absolute Gasteiger partial charge is 0.487 e. The van der Waals surface area contributed by atoms with Crippen LogP contribution in [0.1, 0.15) is 17.3 Å². The van der Waals surface area contributed by atoms with Crippen LogP contribution in [0, 0.1) is 5.82 Å². The van der Waals surface area contributed by atoms with E-state index < -0.39 is 58.7 Å². The van der Waals surface area contributed by atoms with Crippen LogP contribution < -0.4 is 15.4 Å². The summed E-state index contributed by atoms with van der Waals surface area (Å²) in [6.45, 7) is 0.752. The topological polar surface area (TPSA) is 76.7 Å². The van der Waals surface area contributed by atoms with Gasteiger partial charge < -0.3 is 20.1 Å². The van der Waals surface area contributed by atoms with E-state index in [-0.39, 0.29) is 0 Å². The fourth-order valence-corrected chi connectivity index (χ4v) is 2.56. The third-order valence-electron chi connectivity index (χ3n) is 3.85. The van der Waals surface area contributed by atoms with Gasteiger partial charge in [-0.15, -0.1) is 8.78 Å². The average molecular weight is 485 g/mol. The number of carbonyl (C=O) groups excluding carboxylic acids is 2. The molecule has 1 amide bonds. The van der Waals surface area contributed by atoms with Gasteiger partial charge in [-0.3, -0.25) is 4.79 Å². The molecule has 0 spiro atoms. The zero-order chi connectivity index (χ0) is 24.2. The van der Waals surface area contributed by atoms with Crippen molar-refractivity contribution < 1.29 is 45.4 Å². The summed E-state index contributed by atoms with van der Waals surface area (Å²) in [7, 11) is 0. The molecule has 0 bridgehead atoms. The molecule has 0 aromatic heterocycles. The van der Waals surface area contributed by atoms with Gasteiger partial charge in [-0.25, -0.2) is 9.18 Å². The van der Waals surface area contributed by atoms with E-state index in [1.54, 1.807) is 5.32 Å². The van der Waals surface area contributed by atoms with Crippen molar-refractivity contribution >= 4 is 29.2 Å². The lowest BCUT2D eigenvalue weighted by Crippen LogP contribution is -2.69. The first kappa shape index (κ1) is 25.1. The molecule has 6 nitrogen and oxygen atoms in total. The molecule has 0 saturated carbocycles. The van der Waals surface area contributed by atoms with Crippen LogP contribution in [0.2, 0.25) is 0 Å². The number of alkyl halides is 6. The average Bonchev–Trinajstić information content (AvgIpc) is 2.67. The van der Waals surface area contributed by atoms with E-state index in [1.165, 1.54) is 24.4 Å². The molecule has 174 valence electrons. The number of nitrogens with one attached hydrogen (secondary N) is 2. The molecule has 0 saturated heterocycles. The van der Waals surface area contributed by atoms with Crippen LogP contribution in [0.5, 0.6) is 5.75 Å². The summed E-state index contributed by atoms with van der Waals surface area (Å²) < 4.78 is 90.2. The Morgan fingerprint density at radius 2 is 1.59 bits per heavy atom. The first-order chi connectivity index (χ1) is 14.8. The number of ether oxygens (including phenoxy) is 2. The minimum Gasteiger partial charge on any atom is -0.463 e. The Morgan fingerprint density at radius 1 is 1.00 bits per heavy atom. The van der Waals surface area contributed by atoms with Gasteiger partial charge >= 0.3 is 23.4 Å². The van der Waals surface area contributed by atoms with Gasteiger partial charge in [0.25, 0.3) is 5.91 Å². The number of carbonyl (C=O) groups is 2. The fraction of sp³-hybridized carbons (Fsp3) is 0.263.